The molecule has 1 fully saturated rings. The van der Waals surface area contributed by atoms with Gasteiger partial charge in [-0.1, -0.05) is 0 Å². The fourth-order valence-electron chi connectivity index (χ4n) is 2.51. The third-order valence-corrected chi connectivity index (χ3v) is 3.78. The van der Waals surface area contributed by atoms with Crippen molar-refractivity contribution in [2.75, 3.05) is 19.6 Å². The maximum atomic E-state index is 12.3. The molecule has 0 aliphatic carbocycles. The molecule has 106 valence electrons. The van der Waals surface area contributed by atoms with Crippen LogP contribution in [0, 0.1) is 5.92 Å². The van der Waals surface area contributed by atoms with Gasteiger partial charge in [0, 0.05) is 11.9 Å². The zero-order valence-corrected chi connectivity index (χ0v) is 11.5. The van der Waals surface area contributed by atoms with Gasteiger partial charge in [-0.15, -0.1) is 0 Å². The SMILES string of the molecule is FC(F)CN1CCC(CCc2ccnc(Cl)n2)CC1. The molecule has 0 N–H and O–H groups in total. The summed E-state index contributed by atoms with van der Waals surface area (Å²) in [6, 6.07) is 1.87. The number of rotatable bonds is 5. The van der Waals surface area contributed by atoms with Crippen LogP contribution in [0.4, 0.5) is 8.78 Å². The average molecular weight is 290 g/mol. The van der Waals surface area contributed by atoms with E-state index in [0.717, 1.165) is 44.5 Å². The third-order valence-electron chi connectivity index (χ3n) is 3.60. The molecule has 0 saturated carbocycles. The van der Waals surface area contributed by atoms with E-state index in [1.54, 1.807) is 6.20 Å². The molecule has 0 unspecified atom stereocenters. The quantitative estimate of drug-likeness (QED) is 0.780. The first-order valence-corrected chi connectivity index (χ1v) is 6.99. The van der Waals surface area contributed by atoms with E-state index in [0.29, 0.717) is 5.92 Å². The molecule has 1 aliphatic rings. The lowest BCUT2D eigenvalue weighted by Crippen LogP contribution is -2.36. The normalized spacial score (nSPS) is 18.1. The number of halogens is 3. The fraction of sp³-hybridized carbons (Fsp3) is 0.692. The molecule has 1 aliphatic heterocycles. The van der Waals surface area contributed by atoms with Crippen molar-refractivity contribution in [3.63, 3.8) is 0 Å². The molecule has 6 heteroatoms. The molecule has 0 amide bonds. The predicted molar refractivity (Wildman–Crippen MR) is 70.5 cm³/mol. The number of nitrogens with zero attached hydrogens (tertiary/aromatic N) is 3. The minimum atomic E-state index is -2.22. The second-order valence-corrected chi connectivity index (χ2v) is 5.33. The highest BCUT2D eigenvalue weighted by Gasteiger charge is 2.21. The molecule has 1 aromatic rings. The zero-order valence-electron chi connectivity index (χ0n) is 10.7. The highest BCUT2D eigenvalue weighted by Crippen LogP contribution is 2.22. The van der Waals surface area contributed by atoms with E-state index < -0.39 is 6.43 Å². The van der Waals surface area contributed by atoms with Crippen LogP contribution >= 0.6 is 11.6 Å². The third kappa shape index (κ3) is 4.99. The molecule has 0 atom stereocenters. The van der Waals surface area contributed by atoms with Crippen LogP contribution in [-0.4, -0.2) is 40.9 Å². The molecule has 19 heavy (non-hydrogen) atoms. The molecule has 0 bridgehead atoms. The Hall–Kier alpha value is -0.810. The average Bonchev–Trinajstić information content (AvgIpc) is 2.37. The summed E-state index contributed by atoms with van der Waals surface area (Å²) in [7, 11) is 0. The van der Waals surface area contributed by atoms with Gasteiger partial charge in [-0.25, -0.2) is 18.7 Å². The van der Waals surface area contributed by atoms with Crippen LogP contribution in [0.3, 0.4) is 0 Å². The number of aryl methyl sites for hydroxylation is 1. The maximum Gasteiger partial charge on any atom is 0.251 e. The van der Waals surface area contributed by atoms with E-state index in [1.807, 2.05) is 11.0 Å². The number of hydrogen-bond donors (Lipinski definition) is 0. The molecule has 0 spiro atoms. The van der Waals surface area contributed by atoms with Gasteiger partial charge in [-0.2, -0.15) is 0 Å². The van der Waals surface area contributed by atoms with Crippen molar-refractivity contribution in [3.05, 3.63) is 23.2 Å². The van der Waals surface area contributed by atoms with E-state index in [1.165, 1.54) is 0 Å². The van der Waals surface area contributed by atoms with Crippen molar-refractivity contribution in [2.45, 2.75) is 32.1 Å². The van der Waals surface area contributed by atoms with Crippen LogP contribution in [0.25, 0.3) is 0 Å². The highest BCUT2D eigenvalue weighted by molar-refractivity contribution is 6.28. The highest BCUT2D eigenvalue weighted by atomic mass is 35.5. The molecular weight excluding hydrogens is 272 g/mol. The summed E-state index contributed by atoms with van der Waals surface area (Å²) in [6.07, 6.45) is 3.34. The molecular formula is C13H18ClF2N3. The minimum Gasteiger partial charge on any atom is -0.298 e. The van der Waals surface area contributed by atoms with E-state index in [4.69, 9.17) is 11.6 Å². The van der Waals surface area contributed by atoms with E-state index >= 15 is 0 Å². The number of hydrogen-bond acceptors (Lipinski definition) is 3. The van der Waals surface area contributed by atoms with Gasteiger partial charge in [0.15, 0.2) is 0 Å². The monoisotopic (exact) mass is 289 g/mol. The molecule has 1 aromatic heterocycles. The summed E-state index contributed by atoms with van der Waals surface area (Å²) in [5.74, 6) is 0.600. The van der Waals surface area contributed by atoms with Gasteiger partial charge in [0.2, 0.25) is 5.28 Å². The van der Waals surface area contributed by atoms with Crippen molar-refractivity contribution in [1.82, 2.24) is 14.9 Å². The van der Waals surface area contributed by atoms with E-state index in [9.17, 15) is 8.78 Å². The van der Waals surface area contributed by atoms with Gasteiger partial charge >= 0.3 is 0 Å². The van der Waals surface area contributed by atoms with E-state index in [-0.39, 0.29) is 11.8 Å². The Morgan fingerprint density at radius 2 is 2.11 bits per heavy atom. The van der Waals surface area contributed by atoms with Crippen LogP contribution in [0.2, 0.25) is 5.28 Å². The fourth-order valence-corrected chi connectivity index (χ4v) is 2.68. The first-order chi connectivity index (χ1) is 9.13. The Morgan fingerprint density at radius 3 is 2.74 bits per heavy atom. The lowest BCUT2D eigenvalue weighted by molar-refractivity contribution is 0.0681. The molecule has 2 heterocycles. The number of alkyl halides is 2. The summed E-state index contributed by atoms with van der Waals surface area (Å²) >= 11 is 5.73. The summed E-state index contributed by atoms with van der Waals surface area (Å²) in [5, 5.41) is 0.282. The molecule has 1 saturated heterocycles. The summed E-state index contributed by atoms with van der Waals surface area (Å²) in [6.45, 7) is 1.47. The van der Waals surface area contributed by atoms with Gasteiger partial charge in [0.25, 0.3) is 6.43 Å². The lowest BCUT2D eigenvalue weighted by atomic mass is 9.91. The second-order valence-electron chi connectivity index (χ2n) is 4.99. The van der Waals surface area contributed by atoms with Gasteiger partial charge in [-0.3, -0.25) is 4.90 Å². The Morgan fingerprint density at radius 1 is 1.37 bits per heavy atom. The van der Waals surface area contributed by atoms with Gasteiger partial charge < -0.3 is 0 Å². The maximum absolute atomic E-state index is 12.3. The zero-order chi connectivity index (χ0) is 13.7. The lowest BCUT2D eigenvalue weighted by Gasteiger charge is -2.31. The minimum absolute atomic E-state index is 0.0890. The summed E-state index contributed by atoms with van der Waals surface area (Å²) in [4.78, 5) is 9.86. The Kier molecular flexibility index (Phi) is 5.45. The van der Waals surface area contributed by atoms with Crippen molar-refractivity contribution < 1.29 is 8.78 Å². The first kappa shape index (κ1) is 14.6. The second kappa shape index (κ2) is 7.10. The summed E-state index contributed by atoms with van der Waals surface area (Å²) in [5.41, 5.74) is 0.954. The van der Waals surface area contributed by atoms with Gasteiger partial charge in [0.05, 0.1) is 6.54 Å². The molecule has 0 radical (unpaired) electrons. The van der Waals surface area contributed by atoms with Gasteiger partial charge in [-0.05, 0) is 62.4 Å². The van der Waals surface area contributed by atoms with Crippen LogP contribution in [-0.2, 0) is 6.42 Å². The van der Waals surface area contributed by atoms with Crippen LogP contribution in [0.15, 0.2) is 12.3 Å². The predicted octanol–water partition coefficient (Wildman–Crippen LogP) is 3.04. The van der Waals surface area contributed by atoms with Crippen molar-refractivity contribution in [3.8, 4) is 0 Å². The smallest absolute Gasteiger partial charge is 0.251 e. The largest absolute Gasteiger partial charge is 0.298 e. The Labute approximate surface area is 117 Å². The Balaban J connectivity index is 1.71. The van der Waals surface area contributed by atoms with Crippen molar-refractivity contribution >= 4 is 11.6 Å². The van der Waals surface area contributed by atoms with Crippen LogP contribution in [0.5, 0.6) is 0 Å². The van der Waals surface area contributed by atoms with Gasteiger partial charge in [0.1, 0.15) is 0 Å². The summed E-state index contributed by atoms with van der Waals surface area (Å²) < 4.78 is 24.5. The Bertz CT molecular complexity index is 395. The van der Waals surface area contributed by atoms with E-state index in [2.05, 4.69) is 9.97 Å². The topological polar surface area (TPSA) is 29.0 Å². The molecule has 3 nitrogen and oxygen atoms in total. The number of aromatic nitrogens is 2. The van der Waals surface area contributed by atoms with Crippen LogP contribution in [0.1, 0.15) is 25.0 Å². The van der Waals surface area contributed by atoms with Crippen molar-refractivity contribution in [2.24, 2.45) is 5.92 Å². The van der Waals surface area contributed by atoms with Crippen molar-refractivity contribution in [1.29, 1.82) is 0 Å². The molecule has 2 rings (SSSR count). The standard InChI is InChI=1S/C13H18ClF2N3/c14-13-17-6-3-11(18-13)2-1-10-4-7-19(8-5-10)9-12(15)16/h3,6,10,12H,1-2,4-5,7-9H2. The van der Waals surface area contributed by atoms with Crippen LogP contribution < -0.4 is 0 Å². The number of piperidine rings is 1. The first-order valence-electron chi connectivity index (χ1n) is 6.61. The molecule has 0 aromatic carbocycles. The number of likely N-dealkylation sites (tertiary alicyclic amines) is 1.